The summed E-state index contributed by atoms with van der Waals surface area (Å²) in [7, 11) is 1.56. The Morgan fingerprint density at radius 3 is 3.00 bits per heavy atom. The standard InChI is InChI=1S/C18H19N7O2/c1-27-17-8-16(21-12-22-17)24-10-14-5-7-23-25(14)15(11-24)18(26)20-9-13-4-2-3-6-19-13/h2-8,12,15H,9-11H2,1H3,(H,20,26). The van der Waals surface area contributed by atoms with Crippen LogP contribution in [0.5, 0.6) is 5.88 Å². The van der Waals surface area contributed by atoms with Crippen molar-refractivity contribution in [2.24, 2.45) is 0 Å². The van der Waals surface area contributed by atoms with Gasteiger partial charge in [0.05, 0.1) is 38.1 Å². The number of ether oxygens (including phenoxy) is 1. The minimum absolute atomic E-state index is 0.115. The van der Waals surface area contributed by atoms with Crippen LogP contribution in [0.4, 0.5) is 5.82 Å². The predicted octanol–water partition coefficient (Wildman–Crippen LogP) is 0.954. The fraction of sp³-hybridized carbons (Fsp3) is 0.278. The van der Waals surface area contributed by atoms with Crippen LogP contribution in [0, 0.1) is 0 Å². The summed E-state index contributed by atoms with van der Waals surface area (Å²) in [6.45, 7) is 1.42. The molecule has 0 saturated carbocycles. The van der Waals surface area contributed by atoms with Crippen LogP contribution < -0.4 is 15.0 Å². The van der Waals surface area contributed by atoms with E-state index >= 15 is 0 Å². The van der Waals surface area contributed by atoms with Crippen LogP contribution in [0.25, 0.3) is 0 Å². The average Bonchev–Trinajstić information content (AvgIpc) is 3.21. The first-order valence-electron chi connectivity index (χ1n) is 8.55. The number of fused-ring (bicyclic) bond motifs is 1. The zero-order valence-corrected chi connectivity index (χ0v) is 14.8. The lowest BCUT2D eigenvalue weighted by Crippen LogP contribution is -2.45. The van der Waals surface area contributed by atoms with Gasteiger partial charge < -0.3 is 15.0 Å². The minimum Gasteiger partial charge on any atom is -0.481 e. The molecule has 0 saturated heterocycles. The number of nitrogens with zero attached hydrogens (tertiary/aromatic N) is 6. The van der Waals surface area contributed by atoms with Crippen molar-refractivity contribution in [3.63, 3.8) is 0 Å². The molecule has 1 aliphatic heterocycles. The highest BCUT2D eigenvalue weighted by molar-refractivity contribution is 5.81. The summed E-state index contributed by atoms with van der Waals surface area (Å²) >= 11 is 0. The molecule has 1 atom stereocenters. The number of amides is 1. The van der Waals surface area contributed by atoms with Gasteiger partial charge in [0.2, 0.25) is 11.8 Å². The van der Waals surface area contributed by atoms with Gasteiger partial charge in [0.25, 0.3) is 0 Å². The third-order valence-corrected chi connectivity index (χ3v) is 4.43. The second-order valence-electron chi connectivity index (χ2n) is 6.12. The smallest absolute Gasteiger partial charge is 0.247 e. The lowest BCUT2D eigenvalue weighted by Gasteiger charge is -2.33. The van der Waals surface area contributed by atoms with Crippen LogP contribution in [-0.4, -0.2) is 44.3 Å². The van der Waals surface area contributed by atoms with Gasteiger partial charge in [0.1, 0.15) is 18.2 Å². The number of carbonyl (C=O) groups excluding carboxylic acids is 1. The molecule has 1 amide bonds. The molecule has 0 spiro atoms. The second kappa shape index (κ2) is 7.40. The average molecular weight is 365 g/mol. The van der Waals surface area contributed by atoms with Crippen molar-refractivity contribution < 1.29 is 9.53 Å². The molecule has 3 aromatic rings. The van der Waals surface area contributed by atoms with Crippen LogP contribution in [0.15, 0.2) is 49.1 Å². The summed E-state index contributed by atoms with van der Waals surface area (Å²) in [5.74, 6) is 1.07. The zero-order chi connectivity index (χ0) is 18.6. The summed E-state index contributed by atoms with van der Waals surface area (Å²) < 4.78 is 6.95. The van der Waals surface area contributed by atoms with E-state index in [4.69, 9.17) is 4.74 Å². The van der Waals surface area contributed by atoms with Crippen molar-refractivity contribution in [2.45, 2.75) is 19.1 Å². The Labute approximate surface area is 156 Å². The maximum Gasteiger partial charge on any atom is 0.247 e. The highest BCUT2D eigenvalue weighted by Crippen LogP contribution is 2.26. The van der Waals surface area contributed by atoms with Crippen LogP contribution in [0.3, 0.4) is 0 Å². The molecule has 0 radical (unpaired) electrons. The van der Waals surface area contributed by atoms with Crippen LogP contribution in [0.1, 0.15) is 17.4 Å². The summed E-state index contributed by atoms with van der Waals surface area (Å²) in [6, 6.07) is 8.81. The van der Waals surface area contributed by atoms with Crippen molar-refractivity contribution in [1.29, 1.82) is 0 Å². The lowest BCUT2D eigenvalue weighted by molar-refractivity contribution is -0.124. The summed E-state index contributed by atoms with van der Waals surface area (Å²) in [6.07, 6.45) is 4.87. The number of carbonyl (C=O) groups is 1. The zero-order valence-electron chi connectivity index (χ0n) is 14.8. The molecular weight excluding hydrogens is 346 g/mol. The number of pyridine rings is 1. The molecule has 3 aromatic heterocycles. The van der Waals surface area contributed by atoms with Crippen molar-refractivity contribution in [2.75, 3.05) is 18.6 Å². The Kier molecular flexibility index (Phi) is 4.65. The van der Waals surface area contributed by atoms with E-state index in [2.05, 4.69) is 25.4 Å². The maximum absolute atomic E-state index is 12.8. The van der Waals surface area contributed by atoms with E-state index in [9.17, 15) is 4.79 Å². The molecule has 9 heteroatoms. The molecule has 4 heterocycles. The maximum atomic E-state index is 12.8. The highest BCUT2D eigenvalue weighted by Gasteiger charge is 2.31. The SMILES string of the molecule is COc1cc(N2Cc3ccnn3C(C(=O)NCc3ccccn3)C2)ncn1. The number of rotatable bonds is 5. The van der Waals surface area contributed by atoms with Crippen LogP contribution in [0.2, 0.25) is 0 Å². The van der Waals surface area contributed by atoms with E-state index in [1.807, 2.05) is 29.2 Å². The fourth-order valence-electron chi connectivity index (χ4n) is 3.07. The van der Waals surface area contributed by atoms with Gasteiger partial charge in [-0.25, -0.2) is 9.97 Å². The van der Waals surface area contributed by atoms with Gasteiger partial charge in [-0.3, -0.25) is 14.5 Å². The van der Waals surface area contributed by atoms with Crippen LogP contribution >= 0.6 is 0 Å². The molecule has 1 unspecified atom stereocenters. The van der Waals surface area contributed by atoms with Gasteiger partial charge in [-0.2, -0.15) is 5.10 Å². The van der Waals surface area contributed by atoms with E-state index in [0.717, 1.165) is 11.4 Å². The van der Waals surface area contributed by atoms with E-state index in [1.165, 1.54) is 6.33 Å². The molecule has 4 rings (SSSR count). The van der Waals surface area contributed by atoms with Crippen molar-refractivity contribution >= 4 is 11.7 Å². The third kappa shape index (κ3) is 3.57. The Morgan fingerprint density at radius 2 is 2.19 bits per heavy atom. The normalized spacial score (nSPS) is 15.9. The molecule has 27 heavy (non-hydrogen) atoms. The quantitative estimate of drug-likeness (QED) is 0.719. The lowest BCUT2D eigenvalue weighted by atomic mass is 10.1. The van der Waals surface area contributed by atoms with E-state index in [1.54, 1.807) is 30.3 Å². The summed E-state index contributed by atoms with van der Waals surface area (Å²) in [5, 5.41) is 7.28. The second-order valence-corrected chi connectivity index (χ2v) is 6.12. The van der Waals surface area contributed by atoms with Crippen molar-refractivity contribution in [3.05, 3.63) is 60.4 Å². The molecule has 1 aliphatic rings. The Bertz CT molecular complexity index is 928. The van der Waals surface area contributed by atoms with Gasteiger partial charge in [-0.05, 0) is 18.2 Å². The van der Waals surface area contributed by atoms with Gasteiger partial charge in [0.15, 0.2) is 0 Å². The van der Waals surface area contributed by atoms with E-state index in [0.29, 0.717) is 31.3 Å². The Morgan fingerprint density at radius 1 is 1.26 bits per heavy atom. The molecule has 1 N–H and O–H groups in total. The number of hydrogen-bond donors (Lipinski definition) is 1. The Hall–Kier alpha value is -3.49. The molecule has 0 aliphatic carbocycles. The molecular formula is C18H19N7O2. The number of anilines is 1. The Balaban J connectivity index is 1.53. The minimum atomic E-state index is -0.464. The van der Waals surface area contributed by atoms with Gasteiger partial charge in [0, 0.05) is 18.5 Å². The number of nitrogens with one attached hydrogen (secondary N) is 1. The molecule has 0 bridgehead atoms. The molecule has 9 nitrogen and oxygen atoms in total. The number of hydrogen-bond acceptors (Lipinski definition) is 7. The van der Waals surface area contributed by atoms with Crippen LogP contribution in [-0.2, 0) is 17.9 Å². The van der Waals surface area contributed by atoms with Crippen molar-refractivity contribution in [3.8, 4) is 5.88 Å². The van der Waals surface area contributed by atoms with E-state index < -0.39 is 6.04 Å². The largest absolute Gasteiger partial charge is 0.481 e. The summed E-state index contributed by atoms with van der Waals surface area (Å²) in [4.78, 5) is 27.5. The molecule has 0 aromatic carbocycles. The summed E-state index contributed by atoms with van der Waals surface area (Å²) in [5.41, 5.74) is 1.75. The van der Waals surface area contributed by atoms with Crippen molar-refractivity contribution in [1.82, 2.24) is 30.0 Å². The monoisotopic (exact) mass is 365 g/mol. The van der Waals surface area contributed by atoms with E-state index in [-0.39, 0.29) is 5.91 Å². The number of methoxy groups -OCH3 is 1. The first-order valence-corrected chi connectivity index (χ1v) is 8.55. The van der Waals surface area contributed by atoms with Gasteiger partial charge in [-0.15, -0.1) is 0 Å². The topological polar surface area (TPSA) is 98.1 Å². The first-order chi connectivity index (χ1) is 13.2. The molecule has 0 fully saturated rings. The third-order valence-electron chi connectivity index (χ3n) is 4.43. The van der Waals surface area contributed by atoms with Gasteiger partial charge in [-0.1, -0.05) is 6.07 Å². The molecule has 138 valence electrons. The predicted molar refractivity (Wildman–Crippen MR) is 97.0 cm³/mol. The van der Waals surface area contributed by atoms with Gasteiger partial charge >= 0.3 is 0 Å². The number of aromatic nitrogens is 5. The fourth-order valence-corrected chi connectivity index (χ4v) is 3.07. The first kappa shape index (κ1) is 17.0. The highest BCUT2D eigenvalue weighted by atomic mass is 16.5.